The molecule has 2 aromatic carbocycles. The minimum Gasteiger partial charge on any atom is -0.508 e. The molecule has 2 fully saturated rings. The van der Waals surface area contributed by atoms with E-state index in [9.17, 15) is 9.90 Å². The molecule has 7 heteroatoms. The molecule has 0 aliphatic carbocycles. The minimum atomic E-state index is 0.222. The fourth-order valence-corrected chi connectivity index (χ4v) is 4.79. The lowest BCUT2D eigenvalue weighted by molar-refractivity contribution is -0.910. The molecule has 166 valence electrons. The van der Waals surface area contributed by atoms with E-state index in [0.717, 1.165) is 68.3 Å². The Morgan fingerprint density at radius 2 is 1.81 bits per heavy atom. The molecule has 1 amide bonds. The quantitative estimate of drug-likeness (QED) is 0.733. The Morgan fingerprint density at radius 3 is 2.48 bits per heavy atom. The predicted octanol–water partition coefficient (Wildman–Crippen LogP) is 1.48. The highest BCUT2D eigenvalue weighted by Gasteiger charge is 2.35. The van der Waals surface area contributed by atoms with E-state index in [1.54, 1.807) is 26.4 Å². The summed E-state index contributed by atoms with van der Waals surface area (Å²) in [5, 5.41) is 9.48. The number of hydrogen-bond acceptors (Lipinski definition) is 5. The van der Waals surface area contributed by atoms with Crippen molar-refractivity contribution in [1.29, 1.82) is 0 Å². The van der Waals surface area contributed by atoms with Crippen LogP contribution in [0.4, 0.5) is 5.69 Å². The Balaban J connectivity index is 1.37. The van der Waals surface area contributed by atoms with Crippen LogP contribution in [0.5, 0.6) is 17.2 Å². The normalized spacial score (nSPS) is 21.2. The third-order valence-corrected chi connectivity index (χ3v) is 6.53. The highest BCUT2D eigenvalue weighted by atomic mass is 16.5. The molecule has 2 saturated heterocycles. The lowest BCUT2D eigenvalue weighted by Crippen LogP contribution is -3.11. The predicted molar refractivity (Wildman–Crippen MR) is 119 cm³/mol. The topological polar surface area (TPSA) is 66.7 Å². The van der Waals surface area contributed by atoms with Crippen LogP contribution < -0.4 is 19.3 Å². The second kappa shape index (κ2) is 9.47. The zero-order chi connectivity index (χ0) is 21.8. The maximum atomic E-state index is 13.1. The molecule has 4 rings (SSSR count). The second-order valence-electron chi connectivity index (χ2n) is 8.27. The molecule has 0 spiro atoms. The summed E-state index contributed by atoms with van der Waals surface area (Å²) >= 11 is 0. The van der Waals surface area contributed by atoms with Crippen molar-refractivity contribution >= 4 is 11.6 Å². The molecular weight excluding hydrogens is 394 g/mol. The fraction of sp³-hybridized carbons (Fsp3) is 0.458. The molecule has 2 heterocycles. The van der Waals surface area contributed by atoms with Gasteiger partial charge in [-0.15, -0.1) is 0 Å². The molecule has 1 unspecified atom stereocenters. The number of aromatic hydroxyl groups is 1. The highest BCUT2D eigenvalue weighted by Crippen LogP contribution is 2.31. The third-order valence-electron chi connectivity index (χ3n) is 6.53. The summed E-state index contributed by atoms with van der Waals surface area (Å²) in [6.45, 7) is 4.58. The Hall–Kier alpha value is -2.93. The first-order chi connectivity index (χ1) is 15.1. The van der Waals surface area contributed by atoms with Crippen LogP contribution in [0.2, 0.25) is 0 Å². The molecule has 31 heavy (non-hydrogen) atoms. The van der Waals surface area contributed by atoms with Crippen molar-refractivity contribution in [3.05, 3.63) is 48.0 Å². The molecule has 2 aliphatic rings. The number of ether oxygens (including phenoxy) is 2. The van der Waals surface area contributed by atoms with Crippen LogP contribution in [-0.2, 0) is 4.79 Å². The Kier molecular flexibility index (Phi) is 6.51. The van der Waals surface area contributed by atoms with Gasteiger partial charge in [-0.2, -0.15) is 0 Å². The number of likely N-dealkylation sites (tertiary alicyclic amines) is 1. The first-order valence-corrected chi connectivity index (χ1v) is 11.0. The van der Waals surface area contributed by atoms with Gasteiger partial charge < -0.3 is 29.3 Å². The molecule has 2 N–H and O–H groups in total. The summed E-state index contributed by atoms with van der Waals surface area (Å²) in [4.78, 5) is 18.6. The third kappa shape index (κ3) is 4.71. The van der Waals surface area contributed by atoms with Gasteiger partial charge in [-0.3, -0.25) is 4.79 Å². The first-order valence-electron chi connectivity index (χ1n) is 11.0. The van der Waals surface area contributed by atoms with E-state index in [2.05, 4.69) is 11.0 Å². The maximum Gasteiger partial charge on any atom is 0.277 e. The second-order valence-corrected chi connectivity index (χ2v) is 8.27. The molecule has 7 nitrogen and oxygen atoms in total. The van der Waals surface area contributed by atoms with E-state index in [1.807, 2.05) is 29.2 Å². The average Bonchev–Trinajstić information content (AvgIpc) is 3.27. The number of nitrogens with one attached hydrogen (secondary N) is 1. The average molecular weight is 427 g/mol. The van der Waals surface area contributed by atoms with Gasteiger partial charge in [-0.05, 0) is 36.4 Å². The molecule has 0 radical (unpaired) electrons. The smallest absolute Gasteiger partial charge is 0.277 e. The fourth-order valence-electron chi connectivity index (χ4n) is 4.79. The van der Waals surface area contributed by atoms with Crippen LogP contribution in [-0.4, -0.2) is 69.4 Å². The minimum absolute atomic E-state index is 0.222. The van der Waals surface area contributed by atoms with E-state index in [1.165, 1.54) is 4.90 Å². The summed E-state index contributed by atoms with van der Waals surface area (Å²) in [5.74, 6) is 2.11. The first kappa shape index (κ1) is 21.3. The van der Waals surface area contributed by atoms with Gasteiger partial charge in [0.2, 0.25) is 0 Å². The van der Waals surface area contributed by atoms with Gasteiger partial charge in [-0.25, -0.2) is 0 Å². The van der Waals surface area contributed by atoms with E-state index in [-0.39, 0.29) is 17.7 Å². The van der Waals surface area contributed by atoms with E-state index < -0.39 is 0 Å². The summed E-state index contributed by atoms with van der Waals surface area (Å²) in [6, 6.07) is 13.5. The summed E-state index contributed by atoms with van der Waals surface area (Å²) in [5.41, 5.74) is 2.24. The molecule has 2 atom stereocenters. The van der Waals surface area contributed by atoms with Gasteiger partial charge in [0.05, 0.1) is 26.3 Å². The number of rotatable bonds is 6. The molecule has 2 aliphatic heterocycles. The lowest BCUT2D eigenvalue weighted by Gasteiger charge is -2.36. The van der Waals surface area contributed by atoms with Gasteiger partial charge in [-0.1, -0.05) is 0 Å². The SMILES string of the molecule is COc1ccc([C@H]2CCC[NH+]2CC(=O)N2CCN(c3ccc(O)cc3)CC2)c(OC)c1. The number of anilines is 1. The van der Waals surface area contributed by atoms with Crippen LogP contribution in [0.25, 0.3) is 0 Å². The maximum absolute atomic E-state index is 13.1. The summed E-state index contributed by atoms with van der Waals surface area (Å²) in [7, 11) is 3.34. The molecule has 0 saturated carbocycles. The van der Waals surface area contributed by atoms with E-state index in [0.29, 0.717) is 6.54 Å². The van der Waals surface area contributed by atoms with Crippen molar-refractivity contribution in [2.45, 2.75) is 18.9 Å². The Labute approximate surface area is 183 Å². The van der Waals surface area contributed by atoms with Gasteiger partial charge in [0.1, 0.15) is 23.3 Å². The number of methoxy groups -OCH3 is 2. The number of carbonyl (C=O) groups is 1. The number of quaternary nitrogens is 1. The van der Waals surface area contributed by atoms with Crippen LogP contribution >= 0.6 is 0 Å². The number of phenols is 1. The molecular formula is C24H32N3O4+. The number of nitrogens with zero attached hydrogens (tertiary/aromatic N) is 2. The van der Waals surface area contributed by atoms with Gasteiger partial charge in [0.15, 0.2) is 6.54 Å². The molecule has 0 aromatic heterocycles. The Bertz CT molecular complexity index is 894. The van der Waals surface area contributed by atoms with Crippen LogP contribution in [0, 0.1) is 0 Å². The zero-order valence-electron chi connectivity index (χ0n) is 18.3. The molecule has 0 bridgehead atoms. The van der Waals surface area contributed by atoms with Crippen molar-refractivity contribution in [3.63, 3.8) is 0 Å². The largest absolute Gasteiger partial charge is 0.508 e. The van der Waals surface area contributed by atoms with Crippen LogP contribution in [0.1, 0.15) is 24.4 Å². The number of hydrogen-bond donors (Lipinski definition) is 2. The van der Waals surface area contributed by atoms with Crippen molar-refractivity contribution in [3.8, 4) is 17.2 Å². The van der Waals surface area contributed by atoms with Gasteiger partial charge in [0.25, 0.3) is 5.91 Å². The number of benzene rings is 2. The number of carbonyl (C=O) groups excluding carboxylic acids is 1. The number of amides is 1. The Morgan fingerprint density at radius 1 is 1.06 bits per heavy atom. The van der Waals surface area contributed by atoms with E-state index in [4.69, 9.17) is 9.47 Å². The monoisotopic (exact) mass is 426 g/mol. The summed E-state index contributed by atoms with van der Waals surface area (Å²) in [6.07, 6.45) is 2.16. The van der Waals surface area contributed by atoms with Crippen molar-refractivity contribution in [2.75, 3.05) is 58.4 Å². The lowest BCUT2D eigenvalue weighted by atomic mass is 10.0. The van der Waals surface area contributed by atoms with E-state index >= 15 is 0 Å². The van der Waals surface area contributed by atoms with Crippen LogP contribution in [0.3, 0.4) is 0 Å². The van der Waals surface area contributed by atoms with Gasteiger partial charge >= 0.3 is 0 Å². The number of phenolic OH excluding ortho intramolecular Hbond substituents is 1. The van der Waals surface area contributed by atoms with Gasteiger partial charge in [0, 0.05) is 50.8 Å². The van der Waals surface area contributed by atoms with Crippen molar-refractivity contribution in [2.24, 2.45) is 0 Å². The standard InChI is InChI=1S/C24H31N3O4/c1-30-20-9-10-21(23(16-20)31-2)22-4-3-11-27(22)17-24(29)26-14-12-25(13-15-26)18-5-7-19(28)8-6-18/h5-10,16,22,28H,3-4,11-15,17H2,1-2H3/p+1/t22-/m1/s1. The molecule has 2 aromatic rings. The zero-order valence-corrected chi connectivity index (χ0v) is 18.3. The number of piperazine rings is 1. The van der Waals surface area contributed by atoms with Crippen molar-refractivity contribution < 1.29 is 24.3 Å². The highest BCUT2D eigenvalue weighted by molar-refractivity contribution is 5.77. The summed E-state index contributed by atoms with van der Waals surface area (Å²) < 4.78 is 10.9. The van der Waals surface area contributed by atoms with Crippen molar-refractivity contribution in [1.82, 2.24) is 4.90 Å². The van der Waals surface area contributed by atoms with Crippen LogP contribution in [0.15, 0.2) is 42.5 Å².